The van der Waals surface area contributed by atoms with E-state index < -0.39 is 0 Å². The van der Waals surface area contributed by atoms with Crippen molar-refractivity contribution in [3.8, 4) is 0 Å². The van der Waals surface area contributed by atoms with E-state index >= 15 is 0 Å². The highest BCUT2D eigenvalue weighted by atomic mass is 16.3. The third kappa shape index (κ3) is 13.6. The number of aliphatic hydroxyl groups is 1. The molecule has 0 atom stereocenters. The molecule has 2 nitrogen and oxygen atoms in total. The number of hydrogen-bond donors (Lipinski definition) is 1. The van der Waals surface area contributed by atoms with Gasteiger partial charge in [-0.2, -0.15) is 0 Å². The molecule has 0 rings (SSSR count). The fourth-order valence-corrected chi connectivity index (χ4v) is 3.15. The summed E-state index contributed by atoms with van der Waals surface area (Å²) >= 11 is 0. The zero-order chi connectivity index (χ0) is 16.5. The van der Waals surface area contributed by atoms with Crippen LogP contribution in [0, 0.1) is 0 Å². The van der Waals surface area contributed by atoms with Gasteiger partial charge in [0.1, 0.15) is 0 Å². The molecule has 0 radical (unpaired) electrons. The van der Waals surface area contributed by atoms with Crippen molar-refractivity contribution >= 4 is 0 Å². The molecule has 0 aromatic rings. The predicted octanol–water partition coefficient (Wildman–Crippen LogP) is 5.88. The topological polar surface area (TPSA) is 20.2 Å². The lowest BCUT2D eigenvalue weighted by Gasteiger charge is -2.32. The van der Waals surface area contributed by atoms with Crippen molar-refractivity contribution in [1.29, 1.82) is 0 Å². The Labute approximate surface area is 140 Å². The average Bonchev–Trinajstić information content (AvgIpc) is 2.53. The van der Waals surface area contributed by atoms with E-state index in [1.165, 1.54) is 89.9 Å². The maximum Gasteiger partial charge on any atom is 0.180 e. The summed E-state index contributed by atoms with van der Waals surface area (Å²) in [4.78, 5) is 0. The van der Waals surface area contributed by atoms with Gasteiger partial charge in [-0.15, -0.1) is 0 Å². The van der Waals surface area contributed by atoms with Crippen molar-refractivity contribution in [1.82, 2.24) is 0 Å². The van der Waals surface area contributed by atoms with Crippen LogP contribution in [-0.4, -0.2) is 36.5 Å². The van der Waals surface area contributed by atoms with Crippen molar-refractivity contribution in [2.24, 2.45) is 0 Å². The Kier molecular flexibility index (Phi) is 15.7. The second kappa shape index (κ2) is 15.8. The van der Waals surface area contributed by atoms with Gasteiger partial charge in [0.05, 0.1) is 20.1 Å². The molecule has 0 aliphatic heterocycles. The first kappa shape index (κ1) is 21.9. The van der Waals surface area contributed by atoms with E-state index in [2.05, 4.69) is 20.9 Å². The Morgan fingerprint density at radius 2 is 0.864 bits per heavy atom. The summed E-state index contributed by atoms with van der Waals surface area (Å²) in [7, 11) is 2.23. The van der Waals surface area contributed by atoms with E-state index in [0.29, 0.717) is 6.73 Å². The fraction of sp³-hybridized carbons (Fsp3) is 1.00. The van der Waals surface area contributed by atoms with E-state index in [1.54, 1.807) is 0 Å². The minimum atomic E-state index is 0.311. The van der Waals surface area contributed by atoms with Gasteiger partial charge in [-0.05, 0) is 25.7 Å². The van der Waals surface area contributed by atoms with Gasteiger partial charge >= 0.3 is 0 Å². The minimum absolute atomic E-state index is 0.311. The lowest BCUT2D eigenvalue weighted by molar-refractivity contribution is -0.927. The SMILES string of the molecule is CCCCCCCCC[N+](C)(CO)CCCCCCCCC. The van der Waals surface area contributed by atoms with Crippen molar-refractivity contribution < 1.29 is 9.59 Å². The van der Waals surface area contributed by atoms with Crippen molar-refractivity contribution in [2.45, 2.75) is 104 Å². The molecule has 0 bridgehead atoms. The first-order valence-corrected chi connectivity index (χ1v) is 10.1. The molecular formula is C20H44NO+. The largest absolute Gasteiger partial charge is 0.347 e. The number of quaternary nitrogens is 1. The van der Waals surface area contributed by atoms with Crippen LogP contribution in [0.5, 0.6) is 0 Å². The molecule has 0 aliphatic rings. The van der Waals surface area contributed by atoms with E-state index in [9.17, 15) is 5.11 Å². The van der Waals surface area contributed by atoms with Gasteiger partial charge < -0.3 is 9.59 Å². The van der Waals surface area contributed by atoms with Gasteiger partial charge in [0.2, 0.25) is 0 Å². The van der Waals surface area contributed by atoms with Crippen LogP contribution in [0.4, 0.5) is 0 Å². The number of nitrogens with zero attached hydrogens (tertiary/aromatic N) is 1. The van der Waals surface area contributed by atoms with Crippen LogP contribution in [0.1, 0.15) is 104 Å². The van der Waals surface area contributed by atoms with Gasteiger partial charge in [-0.3, -0.25) is 0 Å². The normalized spacial score (nSPS) is 12.0. The zero-order valence-corrected chi connectivity index (χ0v) is 15.9. The number of unbranched alkanes of at least 4 members (excludes halogenated alkanes) is 12. The highest BCUT2D eigenvalue weighted by Crippen LogP contribution is 2.13. The fourth-order valence-electron chi connectivity index (χ4n) is 3.15. The molecule has 0 spiro atoms. The van der Waals surface area contributed by atoms with E-state index in [0.717, 1.165) is 17.6 Å². The lowest BCUT2D eigenvalue weighted by atomic mass is 10.1. The maximum atomic E-state index is 9.70. The average molecular weight is 315 g/mol. The standard InChI is InChI=1S/C20H44NO/c1-4-6-8-10-12-14-16-18-21(3,20-22)19-17-15-13-11-9-7-5-2/h22H,4-20H2,1-3H3/q+1. The Bertz CT molecular complexity index is 200. The summed E-state index contributed by atoms with van der Waals surface area (Å²) in [5, 5.41) is 9.70. The molecule has 1 N–H and O–H groups in total. The second-order valence-electron chi connectivity index (χ2n) is 7.45. The summed E-state index contributed by atoms with van der Waals surface area (Å²) in [6, 6.07) is 0. The number of hydrogen-bond acceptors (Lipinski definition) is 1. The van der Waals surface area contributed by atoms with Crippen LogP contribution in [0.25, 0.3) is 0 Å². The quantitative estimate of drug-likeness (QED) is 0.202. The van der Waals surface area contributed by atoms with Crippen molar-refractivity contribution in [3.63, 3.8) is 0 Å². The number of rotatable bonds is 17. The molecule has 0 aliphatic carbocycles. The number of aliphatic hydroxyl groups excluding tert-OH is 1. The molecule has 0 saturated carbocycles. The molecule has 0 amide bonds. The Morgan fingerprint density at radius 1 is 0.545 bits per heavy atom. The van der Waals surface area contributed by atoms with Gasteiger partial charge in [-0.1, -0.05) is 78.1 Å². The molecule has 0 saturated heterocycles. The van der Waals surface area contributed by atoms with Crippen LogP contribution in [0.3, 0.4) is 0 Å². The highest BCUT2D eigenvalue weighted by Gasteiger charge is 2.18. The maximum absolute atomic E-state index is 9.70. The summed E-state index contributed by atoms with van der Waals surface area (Å²) in [5.74, 6) is 0. The van der Waals surface area contributed by atoms with Gasteiger partial charge in [0.25, 0.3) is 0 Å². The molecule has 22 heavy (non-hydrogen) atoms. The Morgan fingerprint density at radius 3 is 1.18 bits per heavy atom. The van der Waals surface area contributed by atoms with Crippen molar-refractivity contribution in [2.75, 3.05) is 26.9 Å². The molecule has 2 heteroatoms. The third-order valence-corrected chi connectivity index (χ3v) is 4.94. The summed E-state index contributed by atoms with van der Waals surface area (Å²) in [5.41, 5.74) is 0. The molecule has 0 unspecified atom stereocenters. The monoisotopic (exact) mass is 314 g/mol. The van der Waals surface area contributed by atoms with Gasteiger partial charge in [0, 0.05) is 0 Å². The van der Waals surface area contributed by atoms with Crippen LogP contribution in [0.2, 0.25) is 0 Å². The van der Waals surface area contributed by atoms with Crippen molar-refractivity contribution in [3.05, 3.63) is 0 Å². The first-order chi connectivity index (χ1) is 10.7. The minimum Gasteiger partial charge on any atom is -0.347 e. The Hall–Kier alpha value is -0.0800. The van der Waals surface area contributed by atoms with Crippen LogP contribution < -0.4 is 0 Å². The zero-order valence-electron chi connectivity index (χ0n) is 15.9. The molecule has 0 aromatic carbocycles. The molecule has 0 fully saturated rings. The Balaban J connectivity index is 3.54. The third-order valence-electron chi connectivity index (χ3n) is 4.94. The smallest absolute Gasteiger partial charge is 0.180 e. The van der Waals surface area contributed by atoms with Crippen LogP contribution in [0.15, 0.2) is 0 Å². The lowest BCUT2D eigenvalue weighted by Crippen LogP contribution is -2.46. The summed E-state index contributed by atoms with van der Waals surface area (Å²) in [6.45, 7) is 7.16. The molecule has 134 valence electrons. The summed E-state index contributed by atoms with van der Waals surface area (Å²) in [6.07, 6.45) is 19.0. The second-order valence-corrected chi connectivity index (χ2v) is 7.45. The molecular weight excluding hydrogens is 270 g/mol. The van der Waals surface area contributed by atoms with E-state index in [1.807, 2.05) is 0 Å². The summed E-state index contributed by atoms with van der Waals surface area (Å²) < 4.78 is 0.865. The van der Waals surface area contributed by atoms with Gasteiger partial charge in [0.15, 0.2) is 6.73 Å². The van der Waals surface area contributed by atoms with Crippen LogP contribution in [-0.2, 0) is 0 Å². The molecule has 0 aromatic heterocycles. The first-order valence-electron chi connectivity index (χ1n) is 10.1. The predicted molar refractivity (Wildman–Crippen MR) is 99.0 cm³/mol. The van der Waals surface area contributed by atoms with E-state index in [-0.39, 0.29) is 0 Å². The van der Waals surface area contributed by atoms with E-state index in [4.69, 9.17) is 0 Å². The van der Waals surface area contributed by atoms with Crippen LogP contribution >= 0.6 is 0 Å². The molecule has 0 heterocycles. The van der Waals surface area contributed by atoms with Gasteiger partial charge in [-0.25, -0.2) is 0 Å². The highest BCUT2D eigenvalue weighted by molar-refractivity contribution is 4.48.